The van der Waals surface area contributed by atoms with Crippen molar-refractivity contribution in [3.8, 4) is 55.6 Å². The summed E-state index contributed by atoms with van der Waals surface area (Å²) in [7, 11) is 0. The van der Waals surface area contributed by atoms with Crippen LogP contribution in [0.1, 0.15) is 0 Å². The molecule has 0 aliphatic carbocycles. The molecule has 3 heteroatoms. The van der Waals surface area contributed by atoms with E-state index in [4.69, 9.17) is 4.42 Å². The third-order valence-electron chi connectivity index (χ3n) is 11.9. The molecule has 0 saturated heterocycles. The second-order valence-electron chi connectivity index (χ2n) is 15.8. The van der Waals surface area contributed by atoms with Crippen LogP contribution in [-0.2, 0) is 0 Å². The second-order valence-corrected chi connectivity index (χ2v) is 15.8. The molecule has 0 aliphatic rings. The standard InChI is InChI=1S/C60H42N2O/c1-4-15-42(16-5-1)47-39-48(43-17-6-2-7-18-43)41-49(40-47)44-27-33-51(34-28-44)62(53-37-31-50(32-38-53)61-58-25-12-10-21-54(58)45-19-8-3-9-20-45)52-35-29-46(30-36-52)55-23-14-24-57-56-22-11-13-26-59(56)63-60(55)57/h1-41,61H. The van der Waals surface area contributed by atoms with Crippen molar-refractivity contribution in [3.63, 3.8) is 0 Å². The summed E-state index contributed by atoms with van der Waals surface area (Å²) in [5, 5.41) is 5.95. The Hall–Kier alpha value is -8.40. The van der Waals surface area contributed by atoms with Crippen LogP contribution in [0.4, 0.5) is 28.4 Å². The van der Waals surface area contributed by atoms with Gasteiger partial charge in [0.1, 0.15) is 11.2 Å². The van der Waals surface area contributed by atoms with Gasteiger partial charge < -0.3 is 14.6 Å². The maximum absolute atomic E-state index is 6.44. The summed E-state index contributed by atoms with van der Waals surface area (Å²) in [6.07, 6.45) is 0. The van der Waals surface area contributed by atoms with Crippen LogP contribution in [0.5, 0.6) is 0 Å². The van der Waals surface area contributed by atoms with E-state index in [1.165, 1.54) is 33.4 Å². The van der Waals surface area contributed by atoms with Crippen molar-refractivity contribution >= 4 is 50.4 Å². The van der Waals surface area contributed by atoms with Crippen molar-refractivity contribution in [2.24, 2.45) is 0 Å². The molecule has 0 spiro atoms. The first-order valence-corrected chi connectivity index (χ1v) is 21.4. The van der Waals surface area contributed by atoms with Crippen molar-refractivity contribution in [2.45, 2.75) is 0 Å². The highest BCUT2D eigenvalue weighted by molar-refractivity contribution is 6.09. The zero-order chi connectivity index (χ0) is 42.0. The highest BCUT2D eigenvalue weighted by atomic mass is 16.3. The van der Waals surface area contributed by atoms with Crippen LogP contribution < -0.4 is 10.2 Å². The summed E-state index contributed by atoms with van der Waals surface area (Å²) < 4.78 is 6.44. The summed E-state index contributed by atoms with van der Waals surface area (Å²) in [6, 6.07) is 88.3. The Morgan fingerprint density at radius 3 is 1.33 bits per heavy atom. The van der Waals surface area contributed by atoms with Gasteiger partial charge in [0.25, 0.3) is 0 Å². The van der Waals surface area contributed by atoms with Crippen molar-refractivity contribution in [1.29, 1.82) is 0 Å². The van der Waals surface area contributed by atoms with Gasteiger partial charge in [0.15, 0.2) is 0 Å². The molecule has 0 radical (unpaired) electrons. The molecule has 11 aromatic rings. The first-order valence-electron chi connectivity index (χ1n) is 21.4. The highest BCUT2D eigenvalue weighted by Gasteiger charge is 2.17. The van der Waals surface area contributed by atoms with Crippen LogP contribution in [0.25, 0.3) is 77.6 Å². The van der Waals surface area contributed by atoms with E-state index < -0.39 is 0 Å². The van der Waals surface area contributed by atoms with Crippen LogP contribution >= 0.6 is 0 Å². The van der Waals surface area contributed by atoms with Crippen molar-refractivity contribution in [1.82, 2.24) is 0 Å². The quantitative estimate of drug-likeness (QED) is 0.149. The van der Waals surface area contributed by atoms with E-state index >= 15 is 0 Å². The Bertz CT molecular complexity index is 3260. The number of hydrogen-bond acceptors (Lipinski definition) is 3. The Morgan fingerprint density at radius 1 is 0.302 bits per heavy atom. The second kappa shape index (κ2) is 16.6. The van der Waals surface area contributed by atoms with Gasteiger partial charge in [-0.25, -0.2) is 0 Å². The summed E-state index contributed by atoms with van der Waals surface area (Å²) in [5.74, 6) is 0. The average molecular weight is 807 g/mol. The largest absolute Gasteiger partial charge is 0.455 e. The highest BCUT2D eigenvalue weighted by Crippen LogP contribution is 2.41. The lowest BCUT2D eigenvalue weighted by Crippen LogP contribution is -2.10. The smallest absolute Gasteiger partial charge is 0.143 e. The number of anilines is 5. The number of nitrogens with zero attached hydrogens (tertiary/aromatic N) is 1. The molecular weight excluding hydrogens is 765 g/mol. The maximum atomic E-state index is 6.44. The summed E-state index contributed by atoms with van der Waals surface area (Å²) in [5.41, 5.74) is 18.6. The lowest BCUT2D eigenvalue weighted by molar-refractivity contribution is 0.670. The van der Waals surface area contributed by atoms with E-state index in [1.807, 2.05) is 12.1 Å². The SMILES string of the molecule is c1ccc(-c2cc(-c3ccccc3)cc(-c3ccc(N(c4ccc(Nc5ccccc5-c5ccccc5)cc4)c4ccc(-c5cccc6c5oc5ccccc56)cc4)cc3)c2)cc1. The van der Waals surface area contributed by atoms with Gasteiger partial charge in [-0.15, -0.1) is 0 Å². The molecule has 0 fully saturated rings. The fraction of sp³-hybridized carbons (Fsp3) is 0. The van der Waals surface area contributed by atoms with E-state index in [-0.39, 0.29) is 0 Å². The minimum absolute atomic E-state index is 0.899. The number of furan rings is 1. The van der Waals surface area contributed by atoms with E-state index in [0.29, 0.717) is 0 Å². The Morgan fingerprint density at radius 2 is 0.730 bits per heavy atom. The predicted molar refractivity (Wildman–Crippen MR) is 265 cm³/mol. The van der Waals surface area contributed by atoms with Gasteiger partial charge in [0.05, 0.1) is 0 Å². The molecule has 63 heavy (non-hydrogen) atoms. The number of fused-ring (bicyclic) bond motifs is 3. The molecule has 3 nitrogen and oxygen atoms in total. The summed E-state index contributed by atoms with van der Waals surface area (Å²) in [6.45, 7) is 0. The maximum Gasteiger partial charge on any atom is 0.143 e. The fourth-order valence-corrected chi connectivity index (χ4v) is 8.71. The molecule has 298 valence electrons. The van der Waals surface area contributed by atoms with E-state index in [1.54, 1.807) is 0 Å². The van der Waals surface area contributed by atoms with Crippen LogP contribution in [0.3, 0.4) is 0 Å². The molecule has 11 rings (SSSR count). The van der Waals surface area contributed by atoms with Crippen molar-refractivity contribution in [3.05, 3.63) is 249 Å². The van der Waals surface area contributed by atoms with Gasteiger partial charge in [-0.1, -0.05) is 170 Å². The van der Waals surface area contributed by atoms with Crippen molar-refractivity contribution in [2.75, 3.05) is 10.2 Å². The first kappa shape index (κ1) is 37.6. The third kappa shape index (κ3) is 7.54. The minimum Gasteiger partial charge on any atom is -0.455 e. The monoisotopic (exact) mass is 806 g/mol. The van der Waals surface area contributed by atoms with Crippen LogP contribution in [0.15, 0.2) is 253 Å². The Balaban J connectivity index is 0.969. The van der Waals surface area contributed by atoms with Gasteiger partial charge in [-0.3, -0.25) is 0 Å². The molecule has 0 amide bonds. The van der Waals surface area contributed by atoms with Crippen LogP contribution in [-0.4, -0.2) is 0 Å². The van der Waals surface area contributed by atoms with Gasteiger partial charge in [0, 0.05) is 50.3 Å². The van der Waals surface area contributed by atoms with Crippen LogP contribution in [0, 0.1) is 0 Å². The molecule has 1 heterocycles. The molecule has 1 aromatic heterocycles. The predicted octanol–water partition coefficient (Wildman–Crippen LogP) is 17.1. The number of rotatable bonds is 10. The number of para-hydroxylation sites is 3. The number of hydrogen-bond donors (Lipinski definition) is 1. The molecule has 10 aromatic carbocycles. The topological polar surface area (TPSA) is 28.4 Å². The molecule has 1 N–H and O–H groups in total. The van der Waals surface area contributed by atoms with Gasteiger partial charge >= 0.3 is 0 Å². The van der Waals surface area contributed by atoms with Gasteiger partial charge in [-0.05, 0) is 123 Å². The fourth-order valence-electron chi connectivity index (χ4n) is 8.71. The summed E-state index contributed by atoms with van der Waals surface area (Å²) in [4.78, 5) is 2.33. The molecular formula is C60H42N2O. The van der Waals surface area contributed by atoms with E-state index in [9.17, 15) is 0 Å². The normalized spacial score (nSPS) is 11.2. The zero-order valence-corrected chi connectivity index (χ0v) is 34.5. The lowest BCUT2D eigenvalue weighted by Gasteiger charge is -2.26. The van der Waals surface area contributed by atoms with Crippen molar-refractivity contribution < 1.29 is 4.42 Å². The molecule has 0 aliphatic heterocycles. The molecule has 0 bridgehead atoms. The molecule has 0 unspecified atom stereocenters. The van der Waals surface area contributed by atoms with Crippen LogP contribution in [0.2, 0.25) is 0 Å². The third-order valence-corrected chi connectivity index (χ3v) is 11.9. The number of nitrogens with one attached hydrogen (secondary N) is 1. The summed E-state index contributed by atoms with van der Waals surface area (Å²) >= 11 is 0. The van der Waals surface area contributed by atoms with E-state index in [2.05, 4.69) is 247 Å². The van der Waals surface area contributed by atoms with E-state index in [0.717, 1.165) is 72.6 Å². The Labute approximate surface area is 367 Å². The first-order chi connectivity index (χ1) is 31.2. The average Bonchev–Trinajstić information content (AvgIpc) is 3.75. The minimum atomic E-state index is 0.899. The Kier molecular flexibility index (Phi) is 9.89. The molecule has 0 atom stereocenters. The van der Waals surface area contributed by atoms with Gasteiger partial charge in [0.2, 0.25) is 0 Å². The lowest BCUT2D eigenvalue weighted by atomic mass is 9.93. The zero-order valence-electron chi connectivity index (χ0n) is 34.5. The molecule has 0 saturated carbocycles. The number of benzene rings is 10. The van der Waals surface area contributed by atoms with Gasteiger partial charge in [-0.2, -0.15) is 0 Å².